The second kappa shape index (κ2) is 11.1. The van der Waals surface area contributed by atoms with Crippen LogP contribution < -0.4 is 0 Å². The quantitative estimate of drug-likeness (QED) is 0.241. The van der Waals surface area contributed by atoms with Gasteiger partial charge in [-0.2, -0.15) is 0 Å². The number of rotatable bonds is 12. The summed E-state index contributed by atoms with van der Waals surface area (Å²) in [6.45, 7) is 0.325. The lowest BCUT2D eigenvalue weighted by atomic mass is 9.72. The van der Waals surface area contributed by atoms with Crippen molar-refractivity contribution in [2.45, 2.75) is 51.9 Å². The van der Waals surface area contributed by atoms with Gasteiger partial charge in [0, 0.05) is 19.3 Å². The van der Waals surface area contributed by atoms with E-state index >= 15 is 0 Å². The highest BCUT2D eigenvalue weighted by Gasteiger charge is 2.62. The van der Waals surface area contributed by atoms with Crippen LogP contribution in [-0.2, 0) is 28.6 Å². The number of carbonyl (C=O) groups excluding carboxylic acids is 3. The monoisotopic (exact) mass is 380 g/mol. The molecule has 0 aromatic carbocycles. The standard InChI is InChI=1S/C16H28O10/c1-4-11(21)24-14(25-12(22)5-2)16(10-20,26-13(23)6-3)15(7-17,8-18)9-19/h14,17-20H,4-10H2,1-3H3. The van der Waals surface area contributed by atoms with E-state index in [-0.39, 0.29) is 19.3 Å². The van der Waals surface area contributed by atoms with Crippen LogP contribution in [0.1, 0.15) is 40.0 Å². The van der Waals surface area contributed by atoms with Crippen molar-refractivity contribution in [1.29, 1.82) is 0 Å². The Morgan fingerprint density at radius 1 is 0.731 bits per heavy atom. The highest BCUT2D eigenvalue weighted by molar-refractivity contribution is 5.72. The molecule has 4 N–H and O–H groups in total. The van der Waals surface area contributed by atoms with Gasteiger partial charge in [0.15, 0.2) is 0 Å². The Kier molecular flexibility index (Phi) is 10.3. The highest BCUT2D eigenvalue weighted by Crippen LogP contribution is 2.39. The van der Waals surface area contributed by atoms with Crippen LogP contribution >= 0.6 is 0 Å². The van der Waals surface area contributed by atoms with Crippen molar-refractivity contribution in [3.8, 4) is 0 Å². The van der Waals surface area contributed by atoms with Gasteiger partial charge in [-0.05, 0) is 0 Å². The molecule has 10 heteroatoms. The molecule has 0 bridgehead atoms. The third-order valence-electron chi connectivity index (χ3n) is 4.06. The highest BCUT2D eigenvalue weighted by atomic mass is 16.7. The van der Waals surface area contributed by atoms with Gasteiger partial charge in [-0.3, -0.25) is 14.4 Å². The van der Waals surface area contributed by atoms with E-state index in [4.69, 9.17) is 14.2 Å². The summed E-state index contributed by atoms with van der Waals surface area (Å²) in [5.74, 6) is -2.61. The third kappa shape index (κ3) is 5.13. The molecule has 26 heavy (non-hydrogen) atoms. The van der Waals surface area contributed by atoms with Crippen molar-refractivity contribution in [2.24, 2.45) is 5.41 Å². The Bertz CT molecular complexity index is 447. The summed E-state index contributed by atoms with van der Waals surface area (Å²) in [6, 6.07) is 0. The zero-order valence-corrected chi connectivity index (χ0v) is 15.3. The molecule has 1 atom stereocenters. The average Bonchev–Trinajstić information content (AvgIpc) is 2.67. The van der Waals surface area contributed by atoms with E-state index in [2.05, 4.69) is 0 Å². The number of aliphatic hydroxyl groups excluding tert-OH is 4. The van der Waals surface area contributed by atoms with E-state index in [9.17, 15) is 34.8 Å². The van der Waals surface area contributed by atoms with Crippen molar-refractivity contribution in [3.05, 3.63) is 0 Å². The normalized spacial score (nSPS) is 13.8. The van der Waals surface area contributed by atoms with Gasteiger partial charge in [0.05, 0.1) is 31.8 Å². The van der Waals surface area contributed by atoms with E-state index in [1.165, 1.54) is 20.8 Å². The molecule has 0 aliphatic rings. The number of aliphatic hydroxyl groups is 4. The van der Waals surface area contributed by atoms with Gasteiger partial charge < -0.3 is 34.6 Å². The fourth-order valence-electron chi connectivity index (χ4n) is 2.13. The van der Waals surface area contributed by atoms with Crippen molar-refractivity contribution in [2.75, 3.05) is 26.4 Å². The molecular weight excluding hydrogens is 352 g/mol. The lowest BCUT2D eigenvalue weighted by molar-refractivity contribution is -0.293. The van der Waals surface area contributed by atoms with E-state index in [1.807, 2.05) is 0 Å². The molecule has 10 nitrogen and oxygen atoms in total. The second-order valence-corrected chi connectivity index (χ2v) is 5.65. The molecule has 0 fully saturated rings. The maximum Gasteiger partial charge on any atom is 0.308 e. The summed E-state index contributed by atoms with van der Waals surface area (Å²) in [5.41, 5.74) is -4.49. The molecule has 0 rings (SSSR count). The Morgan fingerprint density at radius 3 is 1.38 bits per heavy atom. The molecule has 1 unspecified atom stereocenters. The second-order valence-electron chi connectivity index (χ2n) is 5.65. The van der Waals surface area contributed by atoms with Crippen molar-refractivity contribution >= 4 is 17.9 Å². The summed E-state index contributed by atoms with van der Waals surface area (Å²) in [4.78, 5) is 35.5. The number of hydrogen-bond acceptors (Lipinski definition) is 10. The van der Waals surface area contributed by atoms with Crippen LogP contribution in [0.15, 0.2) is 0 Å². The van der Waals surface area contributed by atoms with Crippen LogP contribution in [-0.4, -0.2) is 76.7 Å². The fourth-order valence-corrected chi connectivity index (χ4v) is 2.13. The maximum absolute atomic E-state index is 11.9. The maximum atomic E-state index is 11.9. The molecular formula is C16H28O10. The molecule has 152 valence electrons. The molecule has 0 aromatic rings. The first kappa shape index (κ1) is 24.2. The first-order valence-electron chi connectivity index (χ1n) is 8.30. The van der Waals surface area contributed by atoms with Crippen molar-refractivity contribution in [1.82, 2.24) is 0 Å². The fraction of sp³-hybridized carbons (Fsp3) is 0.812. The molecule has 0 radical (unpaired) electrons. The van der Waals surface area contributed by atoms with Crippen LogP contribution in [0.25, 0.3) is 0 Å². The molecule has 0 aliphatic carbocycles. The van der Waals surface area contributed by atoms with Crippen LogP contribution in [0.5, 0.6) is 0 Å². The third-order valence-corrected chi connectivity index (χ3v) is 4.06. The minimum atomic E-state index is -2.42. The van der Waals surface area contributed by atoms with E-state index < -0.39 is 61.6 Å². The topological polar surface area (TPSA) is 160 Å². The minimum absolute atomic E-state index is 0.131. The molecule has 0 aromatic heterocycles. The van der Waals surface area contributed by atoms with Gasteiger partial charge in [-0.25, -0.2) is 0 Å². The number of ether oxygens (including phenoxy) is 3. The van der Waals surface area contributed by atoms with E-state index in [0.717, 1.165) is 0 Å². The predicted molar refractivity (Wildman–Crippen MR) is 86.4 cm³/mol. The van der Waals surface area contributed by atoms with Gasteiger partial charge >= 0.3 is 17.9 Å². The zero-order valence-electron chi connectivity index (χ0n) is 15.3. The van der Waals surface area contributed by atoms with Crippen molar-refractivity contribution in [3.63, 3.8) is 0 Å². The molecule has 0 saturated carbocycles. The lowest BCUT2D eigenvalue weighted by Crippen LogP contribution is -2.67. The summed E-state index contributed by atoms with van der Waals surface area (Å²) < 4.78 is 15.3. The smallest absolute Gasteiger partial charge is 0.308 e. The van der Waals surface area contributed by atoms with Crippen LogP contribution in [0.4, 0.5) is 0 Å². The minimum Gasteiger partial charge on any atom is -0.448 e. The van der Waals surface area contributed by atoms with Crippen LogP contribution in [0.2, 0.25) is 0 Å². The summed E-state index contributed by atoms with van der Waals surface area (Å²) >= 11 is 0. The molecule has 0 amide bonds. The summed E-state index contributed by atoms with van der Waals surface area (Å²) in [6.07, 6.45) is -2.42. The number of hydrogen-bond donors (Lipinski definition) is 4. The Balaban J connectivity index is 6.41. The molecule has 0 aliphatic heterocycles. The van der Waals surface area contributed by atoms with E-state index in [0.29, 0.717) is 0 Å². The average molecular weight is 380 g/mol. The lowest BCUT2D eigenvalue weighted by Gasteiger charge is -2.48. The zero-order chi connectivity index (χ0) is 20.4. The summed E-state index contributed by atoms with van der Waals surface area (Å²) in [5, 5.41) is 39.3. The number of esters is 3. The van der Waals surface area contributed by atoms with E-state index in [1.54, 1.807) is 0 Å². The Morgan fingerprint density at radius 2 is 1.12 bits per heavy atom. The van der Waals surface area contributed by atoms with Crippen LogP contribution in [0.3, 0.4) is 0 Å². The largest absolute Gasteiger partial charge is 0.448 e. The Hall–Kier alpha value is -1.75. The number of carbonyl (C=O) groups is 3. The van der Waals surface area contributed by atoms with Gasteiger partial charge in [-0.15, -0.1) is 0 Å². The van der Waals surface area contributed by atoms with Gasteiger partial charge in [0.25, 0.3) is 6.29 Å². The van der Waals surface area contributed by atoms with Gasteiger partial charge in [0.2, 0.25) is 5.60 Å². The summed E-state index contributed by atoms with van der Waals surface area (Å²) in [7, 11) is 0. The molecule has 0 spiro atoms. The first-order valence-corrected chi connectivity index (χ1v) is 8.30. The SMILES string of the molecule is CCC(=O)OC(OC(=O)CC)C(CO)(OC(=O)CC)C(CO)(CO)CO. The first-order chi connectivity index (χ1) is 12.3. The van der Waals surface area contributed by atoms with Gasteiger partial charge in [-0.1, -0.05) is 20.8 Å². The van der Waals surface area contributed by atoms with Crippen molar-refractivity contribution < 1.29 is 49.0 Å². The predicted octanol–water partition coefficient (Wildman–Crippen LogP) is -1.13. The Labute approximate surface area is 151 Å². The molecule has 0 saturated heterocycles. The van der Waals surface area contributed by atoms with Gasteiger partial charge in [0.1, 0.15) is 0 Å². The van der Waals surface area contributed by atoms with Crippen LogP contribution in [0, 0.1) is 5.41 Å². The molecule has 0 heterocycles.